The molecule has 0 aliphatic carbocycles. The summed E-state index contributed by atoms with van der Waals surface area (Å²) in [5.74, 6) is 0.940. The normalized spacial score (nSPS) is 8.20. The molecule has 0 fully saturated rings. The molecular weight excluding hydrogens is 188 g/mol. The van der Waals surface area contributed by atoms with Gasteiger partial charge in [-0.15, -0.1) is 0 Å². The van der Waals surface area contributed by atoms with E-state index in [1.54, 1.807) is 6.92 Å². The Morgan fingerprint density at radius 1 is 1.00 bits per heavy atom. The molecule has 0 atom stereocenters. The van der Waals surface area contributed by atoms with Crippen molar-refractivity contribution in [1.82, 2.24) is 9.80 Å². The molecule has 0 unspecified atom stereocenters. The molecule has 15 heavy (non-hydrogen) atoms. The van der Waals surface area contributed by atoms with Crippen molar-refractivity contribution >= 4 is 0 Å². The van der Waals surface area contributed by atoms with E-state index in [-0.39, 0.29) is 5.57 Å². The summed E-state index contributed by atoms with van der Waals surface area (Å²) in [6.45, 7) is 1.76. The number of hydrogen-bond donors (Lipinski definition) is 0. The first-order chi connectivity index (χ1) is 6.93. The van der Waals surface area contributed by atoms with Crippen molar-refractivity contribution in [3.8, 4) is 12.1 Å². The van der Waals surface area contributed by atoms with E-state index >= 15 is 0 Å². The Bertz CT molecular complexity index is 335. The van der Waals surface area contributed by atoms with Crippen LogP contribution in [0, 0.1) is 22.7 Å². The Hall–Kier alpha value is -1.94. The van der Waals surface area contributed by atoms with Gasteiger partial charge in [0.1, 0.15) is 23.5 Å². The average Bonchev–Trinajstić information content (AvgIpc) is 2.15. The first kappa shape index (κ1) is 13.1. The Balaban J connectivity index is 5.29. The number of allylic oxidation sites excluding steroid dienone is 3. The maximum atomic E-state index is 8.70. The lowest BCUT2D eigenvalue weighted by atomic mass is 10.1. The molecule has 0 heterocycles. The largest absolute Gasteiger partial charge is 0.364 e. The minimum Gasteiger partial charge on any atom is -0.364 e. The van der Waals surface area contributed by atoms with Crippen molar-refractivity contribution in [2.24, 2.45) is 0 Å². The lowest BCUT2D eigenvalue weighted by molar-refractivity contribution is 0.342. The zero-order valence-electron chi connectivity index (χ0n) is 9.87. The van der Waals surface area contributed by atoms with E-state index in [2.05, 4.69) is 0 Å². The van der Waals surface area contributed by atoms with E-state index in [1.807, 2.05) is 56.2 Å². The van der Waals surface area contributed by atoms with Gasteiger partial charge >= 0.3 is 0 Å². The molecule has 0 saturated heterocycles. The summed E-state index contributed by atoms with van der Waals surface area (Å²) < 4.78 is 0. The topological polar surface area (TPSA) is 54.1 Å². The zero-order chi connectivity index (χ0) is 12.0. The van der Waals surface area contributed by atoms with Gasteiger partial charge in [0.2, 0.25) is 0 Å². The average molecular weight is 204 g/mol. The molecule has 0 aromatic rings. The van der Waals surface area contributed by atoms with Crippen LogP contribution in [0.2, 0.25) is 0 Å². The Labute approximate surface area is 91.3 Å². The predicted octanol–water partition coefficient (Wildman–Crippen LogP) is 1.31. The van der Waals surface area contributed by atoms with Crippen LogP contribution in [0.3, 0.4) is 0 Å². The van der Waals surface area contributed by atoms with E-state index in [4.69, 9.17) is 10.5 Å². The lowest BCUT2D eigenvalue weighted by Gasteiger charge is -2.24. The molecule has 0 aliphatic heterocycles. The third kappa shape index (κ3) is 3.74. The third-order valence-corrected chi connectivity index (χ3v) is 1.88. The SMILES string of the molecule is CC(C=C(N(C)C)N(C)C)=C(C#N)C#N. The van der Waals surface area contributed by atoms with Gasteiger partial charge in [0, 0.05) is 28.2 Å². The van der Waals surface area contributed by atoms with Crippen molar-refractivity contribution < 1.29 is 0 Å². The number of nitriles is 2. The molecule has 0 aromatic heterocycles. The molecule has 0 amide bonds. The van der Waals surface area contributed by atoms with Crippen LogP contribution >= 0.6 is 0 Å². The monoisotopic (exact) mass is 204 g/mol. The van der Waals surface area contributed by atoms with Crippen LogP contribution in [0.5, 0.6) is 0 Å². The fourth-order valence-corrected chi connectivity index (χ4v) is 1.13. The van der Waals surface area contributed by atoms with E-state index < -0.39 is 0 Å². The predicted molar refractivity (Wildman–Crippen MR) is 59.4 cm³/mol. The van der Waals surface area contributed by atoms with Crippen LogP contribution in [0.15, 0.2) is 23.0 Å². The van der Waals surface area contributed by atoms with Crippen LogP contribution < -0.4 is 0 Å². The molecule has 4 heteroatoms. The molecule has 0 aromatic carbocycles. The van der Waals surface area contributed by atoms with Crippen molar-refractivity contribution in [1.29, 1.82) is 10.5 Å². The third-order valence-electron chi connectivity index (χ3n) is 1.88. The molecular formula is C11H16N4. The minimum absolute atomic E-state index is 0.149. The number of nitrogens with zero attached hydrogens (tertiary/aromatic N) is 4. The molecule has 0 saturated carbocycles. The first-order valence-electron chi connectivity index (χ1n) is 4.51. The molecule has 0 N–H and O–H groups in total. The van der Waals surface area contributed by atoms with Crippen LogP contribution in [0.25, 0.3) is 0 Å². The van der Waals surface area contributed by atoms with Gasteiger partial charge in [0.25, 0.3) is 0 Å². The summed E-state index contributed by atoms with van der Waals surface area (Å²) in [5, 5.41) is 17.4. The van der Waals surface area contributed by atoms with Gasteiger partial charge in [-0.2, -0.15) is 10.5 Å². The van der Waals surface area contributed by atoms with Crippen LogP contribution in [0.1, 0.15) is 6.92 Å². The molecule has 0 aliphatic rings. The Morgan fingerprint density at radius 3 is 1.67 bits per heavy atom. The van der Waals surface area contributed by atoms with Gasteiger partial charge in [-0.3, -0.25) is 0 Å². The second-order valence-corrected chi connectivity index (χ2v) is 3.57. The van der Waals surface area contributed by atoms with E-state index in [9.17, 15) is 0 Å². The smallest absolute Gasteiger partial charge is 0.132 e. The summed E-state index contributed by atoms with van der Waals surface area (Å²) >= 11 is 0. The molecule has 0 bridgehead atoms. The first-order valence-corrected chi connectivity index (χ1v) is 4.51. The maximum absolute atomic E-state index is 8.70. The Morgan fingerprint density at radius 2 is 1.40 bits per heavy atom. The second kappa shape index (κ2) is 5.72. The quantitative estimate of drug-likeness (QED) is 0.514. The molecule has 4 nitrogen and oxygen atoms in total. The summed E-state index contributed by atoms with van der Waals surface area (Å²) in [6.07, 6.45) is 1.82. The van der Waals surface area contributed by atoms with Gasteiger partial charge in [0.05, 0.1) is 0 Å². The van der Waals surface area contributed by atoms with E-state index in [1.165, 1.54) is 0 Å². The summed E-state index contributed by atoms with van der Waals surface area (Å²) in [4.78, 5) is 3.85. The van der Waals surface area contributed by atoms with Crippen LogP contribution in [0.4, 0.5) is 0 Å². The van der Waals surface area contributed by atoms with Crippen molar-refractivity contribution in [3.05, 3.63) is 23.0 Å². The minimum atomic E-state index is 0.149. The highest BCUT2D eigenvalue weighted by Crippen LogP contribution is 2.10. The fraction of sp³-hybridized carbons (Fsp3) is 0.455. The summed E-state index contributed by atoms with van der Waals surface area (Å²) in [5.41, 5.74) is 0.827. The summed E-state index contributed by atoms with van der Waals surface area (Å²) in [6, 6.07) is 3.74. The Kier molecular flexibility index (Phi) is 4.98. The van der Waals surface area contributed by atoms with Gasteiger partial charge in [-0.05, 0) is 18.6 Å². The van der Waals surface area contributed by atoms with Crippen LogP contribution in [-0.2, 0) is 0 Å². The van der Waals surface area contributed by atoms with Gasteiger partial charge in [-0.25, -0.2) is 0 Å². The molecule has 0 radical (unpaired) electrons. The van der Waals surface area contributed by atoms with E-state index in [0.29, 0.717) is 5.57 Å². The highest BCUT2D eigenvalue weighted by atomic mass is 15.3. The zero-order valence-corrected chi connectivity index (χ0v) is 9.87. The standard InChI is InChI=1S/C11H16N4/c1-9(10(7-12)8-13)6-11(14(2)3)15(4)5/h6H,1-5H3. The van der Waals surface area contributed by atoms with Crippen molar-refractivity contribution in [2.45, 2.75) is 6.92 Å². The van der Waals surface area contributed by atoms with Crippen molar-refractivity contribution in [2.75, 3.05) is 28.2 Å². The molecule has 80 valence electrons. The molecule has 0 spiro atoms. The summed E-state index contributed by atoms with van der Waals surface area (Å²) in [7, 11) is 7.66. The molecule has 0 rings (SSSR count). The maximum Gasteiger partial charge on any atom is 0.132 e. The number of hydrogen-bond acceptors (Lipinski definition) is 4. The van der Waals surface area contributed by atoms with Gasteiger partial charge in [-0.1, -0.05) is 0 Å². The van der Waals surface area contributed by atoms with Crippen LogP contribution in [-0.4, -0.2) is 38.0 Å². The van der Waals surface area contributed by atoms with Gasteiger partial charge in [0.15, 0.2) is 0 Å². The fourth-order valence-electron chi connectivity index (χ4n) is 1.13. The second-order valence-electron chi connectivity index (χ2n) is 3.57. The highest BCUT2D eigenvalue weighted by Gasteiger charge is 2.04. The highest BCUT2D eigenvalue weighted by molar-refractivity contribution is 5.44. The van der Waals surface area contributed by atoms with Crippen molar-refractivity contribution in [3.63, 3.8) is 0 Å². The van der Waals surface area contributed by atoms with Gasteiger partial charge < -0.3 is 9.80 Å². The number of rotatable bonds is 3. The lowest BCUT2D eigenvalue weighted by Crippen LogP contribution is -2.24. The van der Waals surface area contributed by atoms with E-state index in [0.717, 1.165) is 5.82 Å².